The number of anilines is 2. The maximum atomic E-state index is 14.5. The molecule has 3 aromatic rings. The van der Waals surface area contributed by atoms with Gasteiger partial charge in [0.2, 0.25) is 16.0 Å². The van der Waals surface area contributed by atoms with E-state index in [4.69, 9.17) is 11.0 Å². The van der Waals surface area contributed by atoms with Crippen LogP contribution in [0.25, 0.3) is 11.0 Å². The summed E-state index contributed by atoms with van der Waals surface area (Å²) in [4.78, 5) is 16.6. The number of fused-ring (bicyclic) bond motifs is 1. The molecule has 12 heteroatoms. The molecule has 0 aliphatic carbocycles. The predicted octanol–water partition coefficient (Wildman–Crippen LogP) is 1.41. The van der Waals surface area contributed by atoms with Crippen LogP contribution in [0, 0.1) is 17.1 Å². The van der Waals surface area contributed by atoms with Crippen molar-refractivity contribution >= 4 is 38.5 Å². The van der Waals surface area contributed by atoms with Gasteiger partial charge in [-0.2, -0.15) is 5.26 Å². The number of hydrogen-bond acceptors (Lipinski definition) is 9. The van der Waals surface area contributed by atoms with E-state index in [1.54, 1.807) is 6.07 Å². The summed E-state index contributed by atoms with van der Waals surface area (Å²) in [5, 5.41) is 12.0. The van der Waals surface area contributed by atoms with Gasteiger partial charge in [-0.25, -0.2) is 37.1 Å². The summed E-state index contributed by atoms with van der Waals surface area (Å²) in [6.07, 6.45) is 2.71. The van der Waals surface area contributed by atoms with Crippen molar-refractivity contribution < 1.29 is 12.8 Å². The number of nitrogens with two attached hydrogens (primary N) is 1. The zero-order chi connectivity index (χ0) is 21.5. The van der Waals surface area contributed by atoms with Gasteiger partial charge < -0.3 is 11.1 Å². The molecular formula is C18H15FN8O2S. The smallest absolute Gasteiger partial charge is 0.239 e. The second-order valence-corrected chi connectivity index (χ2v) is 8.58. The van der Waals surface area contributed by atoms with Gasteiger partial charge in [-0.05, 0) is 24.3 Å². The molecule has 1 atom stereocenters. The summed E-state index contributed by atoms with van der Waals surface area (Å²) in [7, 11) is -2.40. The molecule has 2 aromatic heterocycles. The van der Waals surface area contributed by atoms with Gasteiger partial charge in [-0.1, -0.05) is 0 Å². The van der Waals surface area contributed by atoms with E-state index >= 15 is 0 Å². The van der Waals surface area contributed by atoms with Gasteiger partial charge in [-0.15, -0.1) is 0 Å². The molecule has 0 saturated heterocycles. The molecule has 3 heterocycles. The summed E-state index contributed by atoms with van der Waals surface area (Å²) < 4.78 is 39.8. The summed E-state index contributed by atoms with van der Waals surface area (Å²) in [6.45, 7) is 0. The van der Waals surface area contributed by atoms with Crippen LogP contribution in [0.2, 0.25) is 0 Å². The minimum atomic E-state index is -3.70. The number of hydrogen-bond donors (Lipinski definition) is 2. The molecule has 0 spiro atoms. The van der Waals surface area contributed by atoms with Gasteiger partial charge in [0.1, 0.15) is 23.7 Å². The Balaban J connectivity index is 1.72. The molecule has 1 aromatic carbocycles. The highest BCUT2D eigenvalue weighted by Crippen LogP contribution is 2.30. The molecule has 1 aliphatic heterocycles. The Labute approximate surface area is 171 Å². The fraction of sp³-hybridized carbons (Fsp3) is 0.167. The Bertz CT molecular complexity index is 1340. The van der Waals surface area contributed by atoms with E-state index in [1.807, 2.05) is 6.07 Å². The molecule has 0 bridgehead atoms. The lowest BCUT2D eigenvalue weighted by Gasteiger charge is -2.27. The third-order valence-corrected chi connectivity index (χ3v) is 6.38. The SMILES string of the molecule is CN1C(N)=NC(c2cc(Nc3ncnc4cc(C#N)cnc34)ccc2F)CS1(=O)=O. The molecule has 152 valence electrons. The van der Waals surface area contributed by atoms with Gasteiger partial charge in [0.15, 0.2) is 5.82 Å². The average molecular weight is 426 g/mol. The van der Waals surface area contributed by atoms with Gasteiger partial charge in [-0.3, -0.25) is 0 Å². The normalized spacial score (nSPS) is 18.0. The van der Waals surface area contributed by atoms with Crippen molar-refractivity contribution in [2.24, 2.45) is 10.7 Å². The Morgan fingerprint density at radius 2 is 2.10 bits per heavy atom. The maximum Gasteiger partial charge on any atom is 0.239 e. The largest absolute Gasteiger partial charge is 0.369 e. The summed E-state index contributed by atoms with van der Waals surface area (Å²) in [5.41, 5.74) is 7.46. The molecule has 0 amide bonds. The van der Waals surface area contributed by atoms with E-state index in [-0.39, 0.29) is 11.5 Å². The number of sulfonamides is 1. The third kappa shape index (κ3) is 3.46. The lowest BCUT2D eigenvalue weighted by molar-refractivity contribution is 0.525. The molecule has 1 unspecified atom stereocenters. The first kappa shape index (κ1) is 19.5. The standard InChI is InChI=1S/C18H15FN8O2S/c1-27-18(21)26-15(8-30(27,28)29)12-5-11(2-3-13(12)19)25-17-16-14(23-9-24-17)4-10(6-20)7-22-16/h2-5,7,9,15H,8H2,1H3,(H2,21,26)(H,23,24,25). The fourth-order valence-electron chi connectivity index (χ4n) is 3.00. The molecule has 1 aliphatic rings. The Kier molecular flexibility index (Phi) is 4.67. The molecule has 3 N–H and O–H groups in total. The first-order valence-electron chi connectivity index (χ1n) is 8.65. The number of halogens is 1. The first-order valence-corrected chi connectivity index (χ1v) is 10.3. The van der Waals surface area contributed by atoms with Gasteiger partial charge in [0.25, 0.3) is 0 Å². The highest BCUT2D eigenvalue weighted by molar-refractivity contribution is 7.89. The van der Waals surface area contributed by atoms with Crippen LogP contribution in [0.1, 0.15) is 17.2 Å². The number of rotatable bonds is 3. The van der Waals surface area contributed by atoms with Crippen molar-refractivity contribution in [1.29, 1.82) is 5.26 Å². The summed E-state index contributed by atoms with van der Waals surface area (Å²) in [5.74, 6) is -0.866. The molecule has 30 heavy (non-hydrogen) atoms. The van der Waals surface area contributed by atoms with Crippen molar-refractivity contribution in [3.8, 4) is 6.07 Å². The number of guanidine groups is 1. The van der Waals surface area contributed by atoms with Crippen LogP contribution in [0.5, 0.6) is 0 Å². The molecule has 0 radical (unpaired) electrons. The van der Waals surface area contributed by atoms with E-state index in [2.05, 4.69) is 25.3 Å². The van der Waals surface area contributed by atoms with Crippen LogP contribution in [0.4, 0.5) is 15.9 Å². The highest BCUT2D eigenvalue weighted by Gasteiger charge is 2.32. The van der Waals surface area contributed by atoms with E-state index < -0.39 is 27.6 Å². The number of pyridine rings is 1. The van der Waals surface area contributed by atoms with Gasteiger partial charge >= 0.3 is 0 Å². The average Bonchev–Trinajstić information content (AvgIpc) is 2.72. The minimum Gasteiger partial charge on any atom is -0.369 e. The van der Waals surface area contributed by atoms with E-state index in [0.717, 1.165) is 4.31 Å². The lowest BCUT2D eigenvalue weighted by atomic mass is 10.1. The molecule has 4 rings (SSSR count). The van der Waals surface area contributed by atoms with Crippen molar-refractivity contribution in [3.63, 3.8) is 0 Å². The number of aliphatic imine (C=N–C) groups is 1. The number of aromatic nitrogens is 3. The fourth-order valence-corrected chi connectivity index (χ4v) is 4.21. The number of nitrogens with one attached hydrogen (secondary N) is 1. The maximum absolute atomic E-state index is 14.5. The Morgan fingerprint density at radius 1 is 1.30 bits per heavy atom. The Morgan fingerprint density at radius 3 is 2.83 bits per heavy atom. The van der Waals surface area contributed by atoms with Crippen LogP contribution in [-0.2, 0) is 10.0 Å². The van der Waals surface area contributed by atoms with Crippen molar-refractivity contribution in [2.75, 3.05) is 18.1 Å². The quantitative estimate of drug-likeness (QED) is 0.638. The van der Waals surface area contributed by atoms with E-state index in [1.165, 1.54) is 37.8 Å². The molecular weight excluding hydrogens is 411 g/mol. The number of nitrogens with zero attached hydrogens (tertiary/aromatic N) is 6. The van der Waals surface area contributed by atoms with Crippen LogP contribution in [-0.4, -0.2) is 46.4 Å². The number of nitriles is 1. The van der Waals surface area contributed by atoms with Crippen LogP contribution >= 0.6 is 0 Å². The Hall–Kier alpha value is -3.85. The van der Waals surface area contributed by atoms with E-state index in [9.17, 15) is 12.8 Å². The van der Waals surface area contributed by atoms with Crippen molar-refractivity contribution in [2.45, 2.75) is 6.04 Å². The molecule has 10 nitrogen and oxygen atoms in total. The van der Waals surface area contributed by atoms with Crippen molar-refractivity contribution in [3.05, 3.63) is 53.7 Å². The highest BCUT2D eigenvalue weighted by atomic mass is 32.2. The third-order valence-electron chi connectivity index (χ3n) is 4.62. The minimum absolute atomic E-state index is 0.0812. The predicted molar refractivity (Wildman–Crippen MR) is 108 cm³/mol. The topological polar surface area (TPSA) is 150 Å². The van der Waals surface area contributed by atoms with Gasteiger partial charge in [0, 0.05) is 24.5 Å². The molecule has 0 fully saturated rings. The summed E-state index contributed by atoms with van der Waals surface area (Å²) >= 11 is 0. The second-order valence-electron chi connectivity index (χ2n) is 6.54. The summed E-state index contributed by atoms with van der Waals surface area (Å²) in [6, 6.07) is 6.73. The van der Waals surface area contributed by atoms with Crippen molar-refractivity contribution in [1.82, 2.24) is 19.3 Å². The number of benzene rings is 1. The monoisotopic (exact) mass is 426 g/mol. The van der Waals surface area contributed by atoms with Crippen LogP contribution in [0.15, 0.2) is 41.8 Å². The second kappa shape index (κ2) is 7.20. The van der Waals surface area contributed by atoms with Crippen LogP contribution in [0.3, 0.4) is 0 Å². The zero-order valence-electron chi connectivity index (χ0n) is 15.6. The first-order chi connectivity index (χ1) is 14.3. The van der Waals surface area contributed by atoms with E-state index in [0.29, 0.717) is 28.1 Å². The molecule has 0 saturated carbocycles. The zero-order valence-corrected chi connectivity index (χ0v) is 16.4. The van der Waals surface area contributed by atoms with Crippen LogP contribution < -0.4 is 11.1 Å². The lowest BCUT2D eigenvalue weighted by Crippen LogP contribution is -2.45. The van der Waals surface area contributed by atoms with Gasteiger partial charge in [0.05, 0.1) is 22.9 Å².